The number of hydrogen-bond acceptors (Lipinski definition) is 8. The zero-order valence-electron chi connectivity index (χ0n) is 11.5. The summed E-state index contributed by atoms with van der Waals surface area (Å²) in [4.78, 5) is 37.1. The predicted molar refractivity (Wildman–Crippen MR) is 91.2 cm³/mol. The van der Waals surface area contributed by atoms with E-state index in [2.05, 4.69) is 42.2 Å². The molecule has 0 unspecified atom stereocenters. The first-order valence-electron chi connectivity index (χ1n) is 6.03. The van der Waals surface area contributed by atoms with Gasteiger partial charge in [-0.15, -0.1) is 0 Å². The third-order valence-electron chi connectivity index (χ3n) is 2.50. The molecule has 0 aliphatic rings. The van der Waals surface area contributed by atoms with Gasteiger partial charge in [-0.2, -0.15) is 0 Å². The van der Waals surface area contributed by atoms with Crippen LogP contribution in [0.15, 0.2) is 27.3 Å². The summed E-state index contributed by atoms with van der Waals surface area (Å²) in [6, 6.07) is 2.87. The zero-order valence-corrected chi connectivity index (χ0v) is 15.5. The van der Waals surface area contributed by atoms with Crippen LogP contribution in [0.3, 0.4) is 0 Å². The number of nitrogens with one attached hydrogen (secondary N) is 1. The summed E-state index contributed by atoms with van der Waals surface area (Å²) in [5.74, 6) is -1.95. The van der Waals surface area contributed by atoms with E-state index in [1.807, 2.05) is 0 Å². The van der Waals surface area contributed by atoms with E-state index < -0.39 is 23.4 Å². The Balaban J connectivity index is 1.96. The molecule has 2 rings (SSSR count). The molecule has 0 saturated carbocycles. The summed E-state index contributed by atoms with van der Waals surface area (Å²) in [6.45, 7) is -0.643. The Bertz CT molecular complexity index is 825. The quantitative estimate of drug-likeness (QED) is 0.381. The van der Waals surface area contributed by atoms with Gasteiger partial charge in [-0.3, -0.25) is 20.2 Å². The average Bonchev–Trinajstić information content (AvgIpc) is 2.97. The van der Waals surface area contributed by atoms with Crippen molar-refractivity contribution in [3.05, 3.63) is 43.0 Å². The molecule has 0 aliphatic heterocycles. The fraction of sp³-hybridized carbons (Fsp3) is 0.0833. The van der Waals surface area contributed by atoms with E-state index in [-0.39, 0.29) is 25.9 Å². The summed E-state index contributed by atoms with van der Waals surface area (Å²) in [7, 11) is 0. The molecule has 1 aromatic heterocycles. The zero-order chi connectivity index (χ0) is 17.9. The highest BCUT2D eigenvalue weighted by Gasteiger charge is 2.18. The molecule has 126 valence electrons. The second kappa shape index (κ2) is 7.68. The number of ether oxygens (including phenoxy) is 1. The van der Waals surface area contributed by atoms with Crippen LogP contribution in [0.4, 0.5) is 10.1 Å². The number of thiazole rings is 1. The van der Waals surface area contributed by atoms with Crippen molar-refractivity contribution in [2.45, 2.75) is 0 Å². The number of amides is 1. The number of aromatic nitrogens is 1. The number of benzene rings is 1. The molecular formula is C12H7Br2N3O6S. The van der Waals surface area contributed by atoms with Gasteiger partial charge < -0.3 is 9.84 Å². The fourth-order valence-corrected chi connectivity index (χ4v) is 3.37. The van der Waals surface area contributed by atoms with E-state index in [9.17, 15) is 24.8 Å². The van der Waals surface area contributed by atoms with Crippen LogP contribution in [0, 0.1) is 10.1 Å². The number of carbonyl (C=O) groups is 2. The number of phenolic OH excluding ortho intramolecular Hbond substituents is 1. The minimum Gasteiger partial charge on any atom is -0.506 e. The summed E-state index contributed by atoms with van der Waals surface area (Å²) in [6.07, 6.45) is 1.00. The van der Waals surface area contributed by atoms with Gasteiger partial charge >= 0.3 is 11.0 Å². The Hall–Kier alpha value is -2.05. The van der Waals surface area contributed by atoms with Crippen molar-refractivity contribution in [3.8, 4) is 5.75 Å². The largest absolute Gasteiger partial charge is 0.506 e. The van der Waals surface area contributed by atoms with Crippen molar-refractivity contribution in [3.63, 3.8) is 0 Å². The van der Waals surface area contributed by atoms with Crippen LogP contribution in [-0.2, 0) is 9.53 Å². The second-order valence-corrected chi connectivity index (χ2v) is 6.95. The lowest BCUT2D eigenvalue weighted by molar-refractivity contribution is -0.380. The van der Waals surface area contributed by atoms with Gasteiger partial charge in [-0.25, -0.2) is 9.78 Å². The Morgan fingerprint density at radius 3 is 2.75 bits per heavy atom. The summed E-state index contributed by atoms with van der Waals surface area (Å²) >= 11 is 6.91. The van der Waals surface area contributed by atoms with E-state index in [1.165, 1.54) is 12.1 Å². The molecule has 0 fully saturated rings. The van der Waals surface area contributed by atoms with Gasteiger partial charge in [0.2, 0.25) is 0 Å². The highest BCUT2D eigenvalue weighted by molar-refractivity contribution is 9.11. The number of halogens is 2. The second-order valence-electron chi connectivity index (χ2n) is 4.17. The average molecular weight is 481 g/mol. The van der Waals surface area contributed by atoms with E-state index >= 15 is 0 Å². The predicted octanol–water partition coefficient (Wildman–Crippen LogP) is 3.08. The van der Waals surface area contributed by atoms with Crippen LogP contribution in [0.1, 0.15) is 10.4 Å². The molecule has 0 bridgehead atoms. The third kappa shape index (κ3) is 4.49. The molecule has 0 saturated heterocycles. The molecular weight excluding hydrogens is 474 g/mol. The molecule has 0 aliphatic carbocycles. The number of esters is 1. The van der Waals surface area contributed by atoms with Crippen molar-refractivity contribution >= 4 is 65.2 Å². The number of anilines is 1. The molecule has 9 nitrogen and oxygen atoms in total. The number of phenols is 1. The molecule has 24 heavy (non-hydrogen) atoms. The molecule has 1 amide bonds. The van der Waals surface area contributed by atoms with Crippen molar-refractivity contribution in [2.75, 3.05) is 11.9 Å². The van der Waals surface area contributed by atoms with Gasteiger partial charge in [-0.05, 0) is 39.4 Å². The smallest absolute Gasteiger partial charge is 0.345 e. The molecule has 2 aromatic rings. The SMILES string of the molecule is O=C(COC(=O)c1cc(Br)cc(Br)c1O)Nc1ncc([N+](=O)[O-])s1. The van der Waals surface area contributed by atoms with Crippen LogP contribution in [0.5, 0.6) is 5.75 Å². The minimum atomic E-state index is -0.908. The molecule has 1 aromatic carbocycles. The Morgan fingerprint density at radius 2 is 2.12 bits per heavy atom. The van der Waals surface area contributed by atoms with Crippen LogP contribution < -0.4 is 5.32 Å². The number of hydrogen-bond donors (Lipinski definition) is 2. The number of aromatic hydroxyl groups is 1. The van der Waals surface area contributed by atoms with Crippen LogP contribution in [0.25, 0.3) is 0 Å². The lowest BCUT2D eigenvalue weighted by atomic mass is 10.2. The standard InChI is InChI=1S/C12H7Br2N3O6S/c13-5-1-6(10(19)7(14)2-5)11(20)23-4-8(18)16-12-15-3-9(24-12)17(21)22/h1-3,19H,4H2,(H,15,16,18). The molecule has 2 N–H and O–H groups in total. The number of nitrogens with zero attached hydrogens (tertiary/aromatic N) is 2. The van der Waals surface area contributed by atoms with E-state index in [0.717, 1.165) is 6.20 Å². The molecule has 0 atom stereocenters. The molecule has 0 spiro atoms. The lowest BCUT2D eigenvalue weighted by Crippen LogP contribution is -2.20. The van der Waals surface area contributed by atoms with Gasteiger partial charge in [0, 0.05) is 4.47 Å². The van der Waals surface area contributed by atoms with E-state index in [0.29, 0.717) is 15.8 Å². The maximum absolute atomic E-state index is 11.9. The van der Waals surface area contributed by atoms with Gasteiger partial charge in [0.05, 0.1) is 9.40 Å². The van der Waals surface area contributed by atoms with Crippen molar-refractivity contribution in [1.29, 1.82) is 0 Å². The van der Waals surface area contributed by atoms with Gasteiger partial charge in [0.15, 0.2) is 11.7 Å². The monoisotopic (exact) mass is 479 g/mol. The van der Waals surface area contributed by atoms with Gasteiger partial charge in [-0.1, -0.05) is 15.9 Å². The Kier molecular flexibility index (Phi) is 5.85. The first-order chi connectivity index (χ1) is 11.3. The minimum absolute atomic E-state index is 0.01000. The van der Waals surface area contributed by atoms with Gasteiger partial charge in [0.1, 0.15) is 17.5 Å². The number of nitro groups is 1. The van der Waals surface area contributed by atoms with Crippen molar-refractivity contribution < 1.29 is 24.4 Å². The van der Waals surface area contributed by atoms with E-state index in [1.54, 1.807) is 0 Å². The van der Waals surface area contributed by atoms with E-state index in [4.69, 9.17) is 4.74 Å². The summed E-state index contributed by atoms with van der Waals surface area (Å²) < 4.78 is 5.60. The van der Waals surface area contributed by atoms with Gasteiger partial charge in [0.25, 0.3) is 5.91 Å². The molecule has 1 heterocycles. The Morgan fingerprint density at radius 1 is 1.42 bits per heavy atom. The highest BCUT2D eigenvalue weighted by atomic mass is 79.9. The van der Waals surface area contributed by atoms with Crippen LogP contribution in [-0.4, -0.2) is 33.5 Å². The Labute approximate surface area is 155 Å². The third-order valence-corrected chi connectivity index (χ3v) is 4.43. The first kappa shape index (κ1) is 18.3. The topological polar surface area (TPSA) is 132 Å². The van der Waals surface area contributed by atoms with Crippen LogP contribution >= 0.6 is 43.2 Å². The number of rotatable bonds is 5. The normalized spacial score (nSPS) is 10.2. The molecule has 0 radical (unpaired) electrons. The number of carbonyl (C=O) groups excluding carboxylic acids is 2. The maximum atomic E-state index is 11.9. The first-order valence-corrected chi connectivity index (χ1v) is 8.43. The summed E-state index contributed by atoms with van der Waals surface area (Å²) in [5.41, 5.74) is -0.131. The lowest BCUT2D eigenvalue weighted by Gasteiger charge is -2.08. The van der Waals surface area contributed by atoms with Crippen molar-refractivity contribution in [1.82, 2.24) is 4.98 Å². The maximum Gasteiger partial charge on any atom is 0.345 e. The molecule has 12 heteroatoms. The highest BCUT2D eigenvalue weighted by Crippen LogP contribution is 2.32. The fourth-order valence-electron chi connectivity index (χ4n) is 1.49. The van der Waals surface area contributed by atoms with Crippen molar-refractivity contribution in [2.24, 2.45) is 0 Å². The summed E-state index contributed by atoms with van der Waals surface area (Å²) in [5, 5.41) is 22.4. The van der Waals surface area contributed by atoms with Crippen LogP contribution in [0.2, 0.25) is 0 Å².